The molecule has 0 bridgehead atoms. The van der Waals surface area contributed by atoms with E-state index >= 15 is 0 Å². The third-order valence-corrected chi connectivity index (χ3v) is 3.60. The van der Waals surface area contributed by atoms with E-state index in [2.05, 4.69) is 10.2 Å². The maximum absolute atomic E-state index is 11.4. The molecule has 1 N–H and O–H groups in total. The fourth-order valence-corrected chi connectivity index (χ4v) is 2.56. The zero-order valence-electron chi connectivity index (χ0n) is 10.1. The van der Waals surface area contributed by atoms with Crippen LogP contribution < -0.4 is 0 Å². The van der Waals surface area contributed by atoms with Crippen LogP contribution in [0.3, 0.4) is 0 Å². The predicted molar refractivity (Wildman–Crippen MR) is 70.1 cm³/mol. The normalized spacial score (nSPS) is 18.1. The Morgan fingerprint density at radius 2 is 2.05 bits per heavy atom. The molecule has 0 saturated carbocycles. The largest absolute Gasteiger partial charge is 0.480 e. The number of halogens is 1. The van der Waals surface area contributed by atoms with E-state index in [0.29, 0.717) is 17.3 Å². The predicted octanol–water partition coefficient (Wildman–Crippen LogP) is 2.56. The number of carboxylic acid groups (broad SMARTS) is 1. The monoisotopic (exact) mass is 277 g/mol. The van der Waals surface area contributed by atoms with Crippen LogP contribution in [0.1, 0.15) is 24.7 Å². The van der Waals surface area contributed by atoms with Crippen molar-refractivity contribution in [2.75, 3.05) is 0 Å². The summed E-state index contributed by atoms with van der Waals surface area (Å²) in [5.74, 6) is 0.498. The van der Waals surface area contributed by atoms with Crippen LogP contribution in [0, 0.1) is 0 Å². The number of rotatable bonds is 2. The van der Waals surface area contributed by atoms with Crippen LogP contribution >= 0.6 is 11.6 Å². The summed E-state index contributed by atoms with van der Waals surface area (Å²) in [6, 6.07) is 6.60. The van der Waals surface area contributed by atoms with Gasteiger partial charge in [-0.05, 0) is 37.1 Å². The van der Waals surface area contributed by atoms with E-state index in [1.807, 2.05) is 12.1 Å². The molecule has 0 radical (unpaired) electrons. The maximum atomic E-state index is 11.4. The van der Waals surface area contributed by atoms with Crippen molar-refractivity contribution >= 4 is 17.6 Å². The van der Waals surface area contributed by atoms with Gasteiger partial charge in [0.1, 0.15) is 11.9 Å². The first-order valence-corrected chi connectivity index (χ1v) is 6.47. The molecular formula is C13H12ClN3O2. The number of carbonyl (C=O) groups is 1. The summed E-state index contributed by atoms with van der Waals surface area (Å²) in [6.45, 7) is 0. The lowest BCUT2D eigenvalue weighted by Crippen LogP contribution is -2.25. The van der Waals surface area contributed by atoms with Crippen LogP contribution in [-0.4, -0.2) is 25.8 Å². The summed E-state index contributed by atoms with van der Waals surface area (Å²) in [4.78, 5) is 11.4. The molecule has 0 aliphatic carbocycles. The van der Waals surface area contributed by atoms with Crippen molar-refractivity contribution in [2.45, 2.75) is 25.3 Å². The van der Waals surface area contributed by atoms with Gasteiger partial charge in [0.05, 0.1) is 0 Å². The van der Waals surface area contributed by atoms with E-state index in [1.54, 1.807) is 16.7 Å². The van der Waals surface area contributed by atoms with Gasteiger partial charge in [0, 0.05) is 17.0 Å². The summed E-state index contributed by atoms with van der Waals surface area (Å²) in [7, 11) is 0. The SMILES string of the molecule is O=C(O)C1CCCc2nnc(-c3ccc(Cl)cc3)n21. The first-order chi connectivity index (χ1) is 9.16. The second kappa shape index (κ2) is 4.66. The zero-order chi connectivity index (χ0) is 13.4. The average molecular weight is 278 g/mol. The fraction of sp³-hybridized carbons (Fsp3) is 0.308. The quantitative estimate of drug-likeness (QED) is 0.916. The zero-order valence-corrected chi connectivity index (χ0v) is 10.8. The van der Waals surface area contributed by atoms with Crippen molar-refractivity contribution in [3.05, 3.63) is 35.1 Å². The molecule has 98 valence electrons. The number of hydrogen-bond acceptors (Lipinski definition) is 3. The molecule has 1 aliphatic rings. The van der Waals surface area contributed by atoms with Crippen molar-refractivity contribution in [3.8, 4) is 11.4 Å². The number of aliphatic carboxylic acids is 1. The van der Waals surface area contributed by atoms with Crippen LogP contribution in [0.4, 0.5) is 0 Å². The number of hydrogen-bond donors (Lipinski definition) is 1. The molecule has 0 spiro atoms. The molecule has 6 heteroatoms. The Kier molecular flexibility index (Phi) is 2.98. The first kappa shape index (κ1) is 12.2. The molecule has 2 heterocycles. The molecule has 1 atom stereocenters. The van der Waals surface area contributed by atoms with E-state index in [4.69, 9.17) is 11.6 Å². The topological polar surface area (TPSA) is 68.0 Å². The van der Waals surface area contributed by atoms with Crippen LogP contribution in [-0.2, 0) is 11.2 Å². The van der Waals surface area contributed by atoms with Gasteiger partial charge in [-0.1, -0.05) is 11.6 Å². The number of carboxylic acids is 1. The Hall–Kier alpha value is -1.88. The molecule has 3 rings (SSSR count). The van der Waals surface area contributed by atoms with Gasteiger partial charge in [0.15, 0.2) is 5.82 Å². The van der Waals surface area contributed by atoms with Gasteiger partial charge >= 0.3 is 5.97 Å². The maximum Gasteiger partial charge on any atom is 0.326 e. The van der Waals surface area contributed by atoms with Gasteiger partial charge in [-0.15, -0.1) is 10.2 Å². The highest BCUT2D eigenvalue weighted by atomic mass is 35.5. The number of aryl methyl sites for hydroxylation is 1. The number of fused-ring (bicyclic) bond motifs is 1. The van der Waals surface area contributed by atoms with Crippen molar-refractivity contribution in [2.24, 2.45) is 0 Å². The summed E-state index contributed by atoms with van der Waals surface area (Å²) >= 11 is 5.86. The number of nitrogens with zero attached hydrogens (tertiary/aromatic N) is 3. The smallest absolute Gasteiger partial charge is 0.326 e. The van der Waals surface area contributed by atoms with E-state index in [1.165, 1.54) is 0 Å². The highest BCUT2D eigenvalue weighted by Crippen LogP contribution is 2.30. The Bertz CT molecular complexity index is 621. The van der Waals surface area contributed by atoms with Crippen molar-refractivity contribution < 1.29 is 9.90 Å². The van der Waals surface area contributed by atoms with Crippen LogP contribution in [0.2, 0.25) is 5.02 Å². The number of benzene rings is 1. The Morgan fingerprint density at radius 3 is 2.74 bits per heavy atom. The molecule has 0 fully saturated rings. The molecule has 1 aliphatic heterocycles. The Labute approximate surface area is 114 Å². The standard InChI is InChI=1S/C13H12ClN3O2/c14-9-6-4-8(5-7-9)12-16-15-11-3-1-2-10(13(18)19)17(11)12/h4-7,10H,1-3H2,(H,18,19). The summed E-state index contributed by atoms with van der Waals surface area (Å²) in [5, 5.41) is 18.2. The number of aromatic nitrogens is 3. The molecule has 5 nitrogen and oxygen atoms in total. The van der Waals surface area contributed by atoms with Gasteiger partial charge in [0.2, 0.25) is 0 Å². The summed E-state index contributed by atoms with van der Waals surface area (Å²) < 4.78 is 1.73. The van der Waals surface area contributed by atoms with Crippen LogP contribution in [0.5, 0.6) is 0 Å². The van der Waals surface area contributed by atoms with Gasteiger partial charge < -0.3 is 5.11 Å². The van der Waals surface area contributed by atoms with Crippen molar-refractivity contribution in [1.29, 1.82) is 0 Å². The highest BCUT2D eigenvalue weighted by Gasteiger charge is 2.30. The molecule has 0 amide bonds. The fourth-order valence-electron chi connectivity index (χ4n) is 2.43. The third-order valence-electron chi connectivity index (χ3n) is 3.34. The lowest BCUT2D eigenvalue weighted by Gasteiger charge is -2.22. The minimum Gasteiger partial charge on any atom is -0.480 e. The van der Waals surface area contributed by atoms with Gasteiger partial charge in [-0.25, -0.2) is 4.79 Å². The molecule has 0 saturated heterocycles. The van der Waals surface area contributed by atoms with Crippen LogP contribution in [0.15, 0.2) is 24.3 Å². The molecule has 19 heavy (non-hydrogen) atoms. The van der Waals surface area contributed by atoms with Gasteiger partial charge in [0.25, 0.3) is 0 Å². The van der Waals surface area contributed by atoms with E-state index in [9.17, 15) is 9.90 Å². The highest BCUT2D eigenvalue weighted by molar-refractivity contribution is 6.30. The average Bonchev–Trinajstić information content (AvgIpc) is 2.83. The van der Waals surface area contributed by atoms with Crippen molar-refractivity contribution in [3.63, 3.8) is 0 Å². The lowest BCUT2D eigenvalue weighted by molar-refractivity contribution is -0.141. The summed E-state index contributed by atoms with van der Waals surface area (Å²) in [5.41, 5.74) is 0.830. The minimum atomic E-state index is -0.837. The summed E-state index contributed by atoms with van der Waals surface area (Å²) in [6.07, 6.45) is 2.21. The molecule has 1 unspecified atom stereocenters. The molecule has 2 aromatic rings. The first-order valence-electron chi connectivity index (χ1n) is 6.09. The lowest BCUT2D eigenvalue weighted by atomic mass is 10.0. The second-order valence-electron chi connectivity index (χ2n) is 4.56. The Morgan fingerprint density at radius 1 is 1.32 bits per heavy atom. The Balaban J connectivity index is 2.11. The molecular weight excluding hydrogens is 266 g/mol. The molecule has 1 aromatic heterocycles. The molecule has 1 aromatic carbocycles. The third kappa shape index (κ3) is 2.10. The van der Waals surface area contributed by atoms with Gasteiger partial charge in [-0.2, -0.15) is 0 Å². The van der Waals surface area contributed by atoms with Crippen molar-refractivity contribution in [1.82, 2.24) is 14.8 Å². The van der Waals surface area contributed by atoms with Crippen LogP contribution in [0.25, 0.3) is 11.4 Å². The van der Waals surface area contributed by atoms with E-state index < -0.39 is 12.0 Å². The van der Waals surface area contributed by atoms with Gasteiger partial charge in [-0.3, -0.25) is 4.57 Å². The van der Waals surface area contributed by atoms with E-state index in [-0.39, 0.29) is 0 Å². The van der Waals surface area contributed by atoms with E-state index in [0.717, 1.165) is 24.2 Å². The second-order valence-corrected chi connectivity index (χ2v) is 5.00. The minimum absolute atomic E-state index is 0.579.